The van der Waals surface area contributed by atoms with Crippen molar-refractivity contribution in [2.24, 2.45) is 29.4 Å². The Morgan fingerprint density at radius 2 is 1.50 bits per heavy atom. The van der Waals surface area contributed by atoms with Crippen molar-refractivity contribution in [2.75, 3.05) is 13.1 Å². The third-order valence-electron chi connectivity index (χ3n) is 7.00. The van der Waals surface area contributed by atoms with Crippen LogP contribution in [0.25, 0.3) is 0 Å². The molecule has 1 aromatic rings. The second kappa shape index (κ2) is 7.51. The zero-order valence-electron chi connectivity index (χ0n) is 15.5. The average Bonchev–Trinajstić information content (AvgIpc) is 2.67. The van der Waals surface area contributed by atoms with E-state index in [1.807, 2.05) is 35.2 Å². The van der Waals surface area contributed by atoms with E-state index in [4.69, 9.17) is 5.73 Å². The van der Waals surface area contributed by atoms with Crippen molar-refractivity contribution in [3.63, 3.8) is 0 Å². The number of piperidine rings is 1. The number of amides is 1. The van der Waals surface area contributed by atoms with Crippen LogP contribution in [0.5, 0.6) is 0 Å². The minimum Gasteiger partial charge on any atom is -0.342 e. The van der Waals surface area contributed by atoms with Gasteiger partial charge < -0.3 is 10.6 Å². The van der Waals surface area contributed by atoms with E-state index in [-0.39, 0.29) is 17.6 Å². The molecule has 1 heterocycles. The Balaban J connectivity index is 1.33. The van der Waals surface area contributed by atoms with Gasteiger partial charge in [0.05, 0.1) is 0 Å². The number of nitrogens with two attached hydrogens (primary N) is 1. The van der Waals surface area contributed by atoms with E-state index in [1.165, 1.54) is 19.3 Å². The van der Waals surface area contributed by atoms with Gasteiger partial charge in [0.15, 0.2) is 5.78 Å². The van der Waals surface area contributed by atoms with Gasteiger partial charge >= 0.3 is 0 Å². The first-order chi connectivity index (χ1) is 12.6. The van der Waals surface area contributed by atoms with Crippen LogP contribution >= 0.6 is 0 Å². The number of hydrogen-bond donors (Lipinski definition) is 1. The summed E-state index contributed by atoms with van der Waals surface area (Å²) in [6.07, 6.45) is 7.18. The molecular weight excluding hydrogens is 324 g/mol. The average molecular weight is 354 g/mol. The van der Waals surface area contributed by atoms with Crippen molar-refractivity contribution >= 4 is 11.7 Å². The second-order valence-corrected chi connectivity index (χ2v) is 8.53. The van der Waals surface area contributed by atoms with Gasteiger partial charge in [-0.05, 0) is 50.4 Å². The summed E-state index contributed by atoms with van der Waals surface area (Å²) < 4.78 is 0. The molecule has 4 rings (SSSR count). The highest BCUT2D eigenvalue weighted by Crippen LogP contribution is 2.42. The molecule has 1 aliphatic heterocycles. The first-order valence-corrected chi connectivity index (χ1v) is 10.3. The molecule has 2 bridgehead atoms. The molecule has 0 spiro atoms. The van der Waals surface area contributed by atoms with Crippen molar-refractivity contribution in [3.05, 3.63) is 35.9 Å². The minimum absolute atomic E-state index is 0.0561. The molecule has 2 atom stereocenters. The van der Waals surface area contributed by atoms with Crippen molar-refractivity contribution < 1.29 is 9.59 Å². The molecule has 2 aliphatic carbocycles. The van der Waals surface area contributed by atoms with Crippen LogP contribution in [0.15, 0.2) is 30.3 Å². The number of carbonyl (C=O) groups is 2. The van der Waals surface area contributed by atoms with E-state index in [0.29, 0.717) is 23.8 Å². The van der Waals surface area contributed by atoms with Crippen LogP contribution in [-0.4, -0.2) is 35.7 Å². The Bertz CT molecular complexity index is 637. The van der Waals surface area contributed by atoms with Crippen LogP contribution in [0, 0.1) is 23.7 Å². The van der Waals surface area contributed by atoms with Gasteiger partial charge in [-0.3, -0.25) is 9.59 Å². The normalized spacial score (nSPS) is 32.3. The fourth-order valence-corrected chi connectivity index (χ4v) is 5.45. The third kappa shape index (κ3) is 3.44. The summed E-state index contributed by atoms with van der Waals surface area (Å²) >= 11 is 0. The molecule has 3 fully saturated rings. The third-order valence-corrected chi connectivity index (χ3v) is 7.00. The Hall–Kier alpha value is -1.68. The van der Waals surface area contributed by atoms with Gasteiger partial charge in [-0.1, -0.05) is 36.8 Å². The maximum Gasteiger partial charge on any atom is 0.225 e. The van der Waals surface area contributed by atoms with Crippen molar-refractivity contribution in [2.45, 2.75) is 51.0 Å². The standard InChI is InChI=1S/C22H30N2O2/c23-20-17-7-4-8-18(20)14-19(13-17)22(26)24-11-9-16(10-12-24)21(25)15-5-2-1-3-6-15/h1-3,5-6,16-20H,4,7-14,23H2. The molecule has 4 heteroatoms. The number of benzene rings is 1. The van der Waals surface area contributed by atoms with Crippen LogP contribution in [0.1, 0.15) is 55.3 Å². The fraction of sp³-hybridized carbons (Fsp3) is 0.636. The van der Waals surface area contributed by atoms with Gasteiger partial charge in [0.25, 0.3) is 0 Å². The number of carbonyl (C=O) groups excluding carboxylic acids is 2. The SMILES string of the molecule is NC1C2CCCC1CC(C(=O)N1CCC(C(=O)c3ccccc3)CC1)C2. The van der Waals surface area contributed by atoms with Gasteiger partial charge in [0.1, 0.15) is 0 Å². The number of fused-ring (bicyclic) bond motifs is 2. The zero-order chi connectivity index (χ0) is 18.1. The van der Waals surface area contributed by atoms with Gasteiger partial charge in [-0.15, -0.1) is 0 Å². The van der Waals surface area contributed by atoms with Crippen LogP contribution in [0.2, 0.25) is 0 Å². The van der Waals surface area contributed by atoms with E-state index in [2.05, 4.69) is 0 Å². The number of hydrogen-bond acceptors (Lipinski definition) is 3. The van der Waals surface area contributed by atoms with E-state index >= 15 is 0 Å². The highest BCUT2D eigenvalue weighted by molar-refractivity contribution is 5.98. The van der Waals surface area contributed by atoms with E-state index in [9.17, 15) is 9.59 Å². The minimum atomic E-state index is 0.0561. The number of Topliss-reactive ketones (excluding diaryl/α,β-unsaturated/α-hetero) is 1. The summed E-state index contributed by atoms with van der Waals surface area (Å²) in [5.41, 5.74) is 7.17. The lowest BCUT2D eigenvalue weighted by Gasteiger charge is -2.45. The molecular formula is C22H30N2O2. The number of rotatable bonds is 3. The lowest BCUT2D eigenvalue weighted by Crippen LogP contribution is -2.51. The van der Waals surface area contributed by atoms with Gasteiger partial charge in [-0.2, -0.15) is 0 Å². The van der Waals surface area contributed by atoms with Gasteiger partial charge in [0, 0.05) is 36.5 Å². The summed E-state index contributed by atoms with van der Waals surface area (Å²) in [6, 6.07) is 9.85. The van der Waals surface area contributed by atoms with Crippen molar-refractivity contribution in [1.29, 1.82) is 0 Å². The molecule has 2 unspecified atom stereocenters. The lowest BCUT2D eigenvalue weighted by molar-refractivity contribution is -0.139. The summed E-state index contributed by atoms with van der Waals surface area (Å²) in [4.78, 5) is 27.7. The molecule has 3 aliphatic rings. The zero-order valence-corrected chi connectivity index (χ0v) is 15.5. The van der Waals surface area contributed by atoms with Gasteiger partial charge in [-0.25, -0.2) is 0 Å². The fourth-order valence-electron chi connectivity index (χ4n) is 5.45. The van der Waals surface area contributed by atoms with Crippen molar-refractivity contribution in [1.82, 2.24) is 4.90 Å². The molecule has 2 N–H and O–H groups in total. The highest BCUT2D eigenvalue weighted by Gasteiger charge is 2.42. The summed E-state index contributed by atoms with van der Waals surface area (Å²) in [7, 11) is 0. The van der Waals surface area contributed by atoms with Crippen LogP contribution < -0.4 is 5.73 Å². The number of likely N-dealkylation sites (tertiary alicyclic amines) is 1. The van der Waals surface area contributed by atoms with E-state index in [1.54, 1.807) is 0 Å². The molecule has 1 amide bonds. The summed E-state index contributed by atoms with van der Waals surface area (Å²) in [6.45, 7) is 1.44. The molecule has 1 saturated heterocycles. The Kier molecular flexibility index (Phi) is 5.12. The number of ketones is 1. The van der Waals surface area contributed by atoms with Gasteiger partial charge in [0.2, 0.25) is 5.91 Å². The quantitative estimate of drug-likeness (QED) is 0.848. The molecule has 4 nitrogen and oxygen atoms in total. The molecule has 1 aromatic carbocycles. The Morgan fingerprint density at radius 3 is 2.12 bits per heavy atom. The van der Waals surface area contributed by atoms with Crippen LogP contribution in [-0.2, 0) is 4.79 Å². The largest absolute Gasteiger partial charge is 0.342 e. The first-order valence-electron chi connectivity index (χ1n) is 10.3. The van der Waals surface area contributed by atoms with E-state index in [0.717, 1.165) is 44.3 Å². The topological polar surface area (TPSA) is 63.4 Å². The Labute approximate surface area is 156 Å². The maximum atomic E-state index is 13.0. The van der Waals surface area contributed by atoms with E-state index < -0.39 is 0 Å². The molecule has 0 aromatic heterocycles. The Morgan fingerprint density at radius 1 is 0.885 bits per heavy atom. The molecule has 2 saturated carbocycles. The maximum absolute atomic E-state index is 13.0. The predicted molar refractivity (Wildman–Crippen MR) is 102 cm³/mol. The lowest BCUT2D eigenvalue weighted by atomic mass is 9.65. The second-order valence-electron chi connectivity index (χ2n) is 8.53. The highest BCUT2D eigenvalue weighted by atomic mass is 16.2. The number of nitrogens with zero attached hydrogens (tertiary/aromatic N) is 1. The van der Waals surface area contributed by atoms with Crippen LogP contribution in [0.4, 0.5) is 0 Å². The smallest absolute Gasteiger partial charge is 0.225 e. The predicted octanol–water partition coefficient (Wildman–Crippen LogP) is 3.26. The summed E-state index contributed by atoms with van der Waals surface area (Å²) in [5, 5.41) is 0. The van der Waals surface area contributed by atoms with Crippen molar-refractivity contribution in [3.8, 4) is 0 Å². The van der Waals surface area contributed by atoms with Crippen LogP contribution in [0.3, 0.4) is 0 Å². The first kappa shape index (κ1) is 17.7. The molecule has 26 heavy (non-hydrogen) atoms. The molecule has 0 radical (unpaired) electrons. The summed E-state index contributed by atoms with van der Waals surface area (Å²) in [5.74, 6) is 1.84. The molecule has 140 valence electrons. The monoisotopic (exact) mass is 354 g/mol.